The molecule has 5 nitrogen and oxygen atoms in total. The number of benzene rings is 1. The lowest BCUT2D eigenvalue weighted by Gasteiger charge is -2.32. The van der Waals surface area contributed by atoms with E-state index in [0.717, 1.165) is 0 Å². The van der Waals surface area contributed by atoms with Crippen LogP contribution in [0.1, 0.15) is 46.6 Å². The van der Waals surface area contributed by atoms with Crippen molar-refractivity contribution in [2.45, 2.75) is 51.2 Å². The third-order valence-corrected chi connectivity index (χ3v) is 5.79. The third kappa shape index (κ3) is 4.73. The number of carbonyl (C=O) groups excluding carboxylic acids is 1. The molecule has 1 aromatic rings. The van der Waals surface area contributed by atoms with Gasteiger partial charge in [0.15, 0.2) is 0 Å². The van der Waals surface area contributed by atoms with Gasteiger partial charge in [0.2, 0.25) is 0 Å². The molecule has 122 valence electrons. The lowest BCUT2D eigenvalue weighted by molar-refractivity contribution is -0.385. The van der Waals surface area contributed by atoms with Crippen LogP contribution in [0.15, 0.2) is 24.3 Å². The van der Waals surface area contributed by atoms with E-state index in [4.69, 9.17) is 0 Å². The number of rotatable bonds is 6. The van der Waals surface area contributed by atoms with Crippen molar-refractivity contribution in [2.24, 2.45) is 0 Å². The topological polar surface area (TPSA) is 77.3 Å². The molecular formula is C16H23NO4S. The number of non-ortho nitro benzene ring substituents is 1. The second kappa shape index (κ2) is 6.69. The van der Waals surface area contributed by atoms with Gasteiger partial charge in [-0.2, -0.15) is 0 Å². The van der Waals surface area contributed by atoms with E-state index in [9.17, 15) is 19.1 Å². The van der Waals surface area contributed by atoms with Gasteiger partial charge < -0.3 is 0 Å². The quantitative estimate of drug-likeness (QED) is 0.593. The van der Waals surface area contributed by atoms with Gasteiger partial charge in [-0.05, 0) is 33.3 Å². The molecule has 0 unspecified atom stereocenters. The van der Waals surface area contributed by atoms with Crippen LogP contribution in [0, 0.1) is 10.1 Å². The summed E-state index contributed by atoms with van der Waals surface area (Å²) in [5.41, 5.74) is -0.0287. The van der Waals surface area contributed by atoms with Crippen LogP contribution >= 0.6 is 0 Å². The average Bonchev–Trinajstić information content (AvgIpc) is 2.36. The van der Waals surface area contributed by atoms with Crippen LogP contribution in [0.25, 0.3) is 0 Å². The van der Waals surface area contributed by atoms with Crippen molar-refractivity contribution in [2.75, 3.05) is 5.75 Å². The van der Waals surface area contributed by atoms with Crippen LogP contribution < -0.4 is 0 Å². The van der Waals surface area contributed by atoms with Gasteiger partial charge in [-0.1, -0.05) is 19.1 Å². The zero-order chi connectivity index (χ0) is 17.1. The largest absolute Gasteiger partial charge is 0.300 e. The molecule has 0 saturated carbocycles. The lowest BCUT2D eigenvalue weighted by atomic mass is 9.80. The third-order valence-electron chi connectivity index (χ3n) is 3.53. The van der Waals surface area contributed by atoms with Crippen molar-refractivity contribution in [1.29, 1.82) is 0 Å². The van der Waals surface area contributed by atoms with E-state index in [-0.39, 0.29) is 23.6 Å². The maximum absolute atomic E-state index is 12.5. The molecule has 0 aliphatic rings. The first-order valence-electron chi connectivity index (χ1n) is 7.08. The molecule has 2 atom stereocenters. The fourth-order valence-corrected chi connectivity index (χ4v) is 3.57. The van der Waals surface area contributed by atoms with E-state index in [0.29, 0.717) is 5.56 Å². The Balaban J connectivity index is 3.27. The highest BCUT2D eigenvalue weighted by molar-refractivity contribution is 7.86. The van der Waals surface area contributed by atoms with Crippen molar-refractivity contribution in [3.8, 4) is 0 Å². The van der Waals surface area contributed by atoms with E-state index in [2.05, 4.69) is 0 Å². The molecule has 0 saturated heterocycles. The van der Waals surface area contributed by atoms with Crippen molar-refractivity contribution >= 4 is 22.3 Å². The van der Waals surface area contributed by atoms with Gasteiger partial charge in [-0.25, -0.2) is 0 Å². The van der Waals surface area contributed by atoms with E-state index in [1.807, 2.05) is 27.7 Å². The second-order valence-corrected chi connectivity index (χ2v) is 9.05. The maximum Gasteiger partial charge on any atom is 0.269 e. The molecule has 0 aliphatic carbocycles. The Morgan fingerprint density at radius 1 is 1.27 bits per heavy atom. The lowest BCUT2D eigenvalue weighted by Crippen LogP contribution is -2.37. The highest BCUT2D eigenvalue weighted by Crippen LogP contribution is 2.33. The van der Waals surface area contributed by atoms with Crippen LogP contribution in [0.4, 0.5) is 5.69 Å². The molecule has 22 heavy (non-hydrogen) atoms. The first kappa shape index (κ1) is 18.5. The number of nitro benzene ring substituents is 1. The van der Waals surface area contributed by atoms with E-state index in [1.165, 1.54) is 19.1 Å². The summed E-state index contributed by atoms with van der Waals surface area (Å²) in [6.45, 7) is 8.97. The number of hydrogen-bond acceptors (Lipinski definition) is 4. The fraction of sp³-hybridized carbons (Fsp3) is 0.562. The molecule has 0 heterocycles. The van der Waals surface area contributed by atoms with Gasteiger partial charge in [-0.3, -0.25) is 19.1 Å². The number of nitrogens with zero attached hydrogens (tertiary/aromatic N) is 1. The molecule has 1 aromatic carbocycles. The standard InChI is InChI=1S/C16H23NO4S/c1-12(18)10-16(5,11-22(21)15(2,3)4)13-7-6-8-14(9-13)17(19)20/h6-9H,10-11H2,1-5H3/t16-,22+/m1/s1. The first-order chi connectivity index (χ1) is 9.95. The summed E-state index contributed by atoms with van der Waals surface area (Å²) in [6, 6.07) is 6.25. The Hall–Kier alpha value is -1.56. The number of carbonyl (C=O) groups is 1. The van der Waals surface area contributed by atoms with Gasteiger partial charge >= 0.3 is 0 Å². The molecule has 0 radical (unpaired) electrons. The van der Waals surface area contributed by atoms with Gasteiger partial charge in [0.1, 0.15) is 5.78 Å². The summed E-state index contributed by atoms with van der Waals surface area (Å²) in [7, 11) is -1.16. The summed E-state index contributed by atoms with van der Waals surface area (Å²) in [6.07, 6.45) is 0.204. The van der Waals surface area contributed by atoms with Crippen LogP contribution in [0.5, 0.6) is 0 Å². The molecule has 0 amide bonds. The van der Waals surface area contributed by atoms with Gasteiger partial charge in [-0.15, -0.1) is 0 Å². The minimum atomic E-state index is -1.16. The molecule has 0 N–H and O–H groups in total. The number of nitro groups is 1. The van der Waals surface area contributed by atoms with Crippen molar-refractivity contribution in [3.63, 3.8) is 0 Å². The van der Waals surface area contributed by atoms with Gasteiger partial charge in [0.05, 0.1) is 4.92 Å². The highest BCUT2D eigenvalue weighted by Gasteiger charge is 2.35. The molecule has 0 aliphatic heterocycles. The predicted octanol–water partition coefficient (Wildman–Crippen LogP) is 3.38. The Morgan fingerprint density at radius 2 is 1.86 bits per heavy atom. The zero-order valence-corrected chi connectivity index (χ0v) is 14.5. The minimum absolute atomic E-state index is 0.0196. The van der Waals surface area contributed by atoms with Crippen LogP contribution in [0.2, 0.25) is 0 Å². The maximum atomic E-state index is 12.5. The number of Topliss-reactive ketones (excluding diaryl/α,β-unsaturated/α-hetero) is 1. The molecule has 6 heteroatoms. The average molecular weight is 325 g/mol. The monoisotopic (exact) mass is 325 g/mol. The van der Waals surface area contributed by atoms with Crippen molar-refractivity contribution in [3.05, 3.63) is 39.9 Å². The number of ketones is 1. The summed E-state index contributed by atoms with van der Waals surface area (Å²) in [5, 5.41) is 11.0. The van der Waals surface area contributed by atoms with E-state index < -0.39 is 25.9 Å². The normalized spacial score (nSPS) is 15.9. The first-order valence-corrected chi connectivity index (χ1v) is 8.40. The Labute approximate surface area is 133 Å². The molecule has 0 bridgehead atoms. The molecule has 0 fully saturated rings. The zero-order valence-electron chi connectivity index (χ0n) is 13.7. The van der Waals surface area contributed by atoms with Crippen LogP contribution in [0.3, 0.4) is 0 Å². The van der Waals surface area contributed by atoms with Crippen molar-refractivity contribution < 1.29 is 13.9 Å². The minimum Gasteiger partial charge on any atom is -0.300 e. The summed E-state index contributed by atoms with van der Waals surface area (Å²) in [4.78, 5) is 22.2. The summed E-state index contributed by atoms with van der Waals surface area (Å²) < 4.78 is 12.1. The number of hydrogen-bond donors (Lipinski definition) is 0. The molecule has 1 rings (SSSR count). The van der Waals surface area contributed by atoms with Gasteiger partial charge in [0.25, 0.3) is 5.69 Å². The Kier molecular flexibility index (Phi) is 5.62. The Morgan fingerprint density at radius 3 is 2.32 bits per heavy atom. The highest BCUT2D eigenvalue weighted by atomic mass is 32.2. The second-order valence-electron chi connectivity index (χ2n) is 6.85. The molecule has 0 spiro atoms. The summed E-state index contributed by atoms with van der Waals surface area (Å²) >= 11 is 0. The smallest absolute Gasteiger partial charge is 0.269 e. The molecular weight excluding hydrogens is 302 g/mol. The van der Waals surface area contributed by atoms with E-state index in [1.54, 1.807) is 12.1 Å². The van der Waals surface area contributed by atoms with Crippen LogP contribution in [-0.2, 0) is 21.0 Å². The summed E-state index contributed by atoms with van der Waals surface area (Å²) in [5.74, 6) is 0.261. The van der Waals surface area contributed by atoms with Gasteiger partial charge in [0, 0.05) is 45.3 Å². The van der Waals surface area contributed by atoms with Crippen molar-refractivity contribution in [1.82, 2.24) is 0 Å². The predicted molar refractivity (Wildman–Crippen MR) is 88.5 cm³/mol. The fourth-order valence-electron chi connectivity index (χ4n) is 2.29. The SMILES string of the molecule is CC(=O)C[C@](C)(C[S@](=O)C(C)(C)C)c1cccc([N+](=O)[O-])c1. The van der Waals surface area contributed by atoms with E-state index >= 15 is 0 Å². The Bertz CT molecular complexity index is 606. The van der Waals surface area contributed by atoms with Crippen LogP contribution in [-0.4, -0.2) is 25.4 Å². The molecule has 0 aromatic heterocycles.